The van der Waals surface area contributed by atoms with Gasteiger partial charge in [-0.3, -0.25) is 4.79 Å². The lowest BCUT2D eigenvalue weighted by Crippen LogP contribution is -2.35. The Bertz CT molecular complexity index is 555. The van der Waals surface area contributed by atoms with E-state index in [1.165, 1.54) is 6.07 Å². The van der Waals surface area contributed by atoms with Crippen molar-refractivity contribution in [2.75, 3.05) is 0 Å². The zero-order valence-electron chi connectivity index (χ0n) is 12.7. The van der Waals surface area contributed by atoms with Crippen LogP contribution in [0.5, 0.6) is 0 Å². The maximum Gasteiger partial charge on any atom is 0.408 e. The zero-order valence-corrected chi connectivity index (χ0v) is 12.7. The van der Waals surface area contributed by atoms with Crippen molar-refractivity contribution < 1.29 is 28.2 Å². The molecule has 22 heavy (non-hydrogen) atoms. The highest BCUT2D eigenvalue weighted by Crippen LogP contribution is 2.21. The summed E-state index contributed by atoms with van der Waals surface area (Å²) in [6, 6.07) is 2.36. The second-order valence-electron chi connectivity index (χ2n) is 5.80. The number of ether oxygens (including phenoxy) is 1. The van der Waals surface area contributed by atoms with Gasteiger partial charge in [0.1, 0.15) is 5.60 Å². The molecule has 2 N–H and O–H groups in total. The number of carboxylic acids is 1. The van der Waals surface area contributed by atoms with Crippen molar-refractivity contribution in [3.8, 4) is 0 Å². The number of amides is 1. The van der Waals surface area contributed by atoms with Gasteiger partial charge in [0.15, 0.2) is 11.6 Å². The third kappa shape index (κ3) is 6.07. The van der Waals surface area contributed by atoms with E-state index in [4.69, 9.17) is 9.84 Å². The van der Waals surface area contributed by atoms with Crippen LogP contribution in [0.4, 0.5) is 13.6 Å². The summed E-state index contributed by atoms with van der Waals surface area (Å²) in [5.41, 5.74) is -0.457. The van der Waals surface area contributed by atoms with Crippen LogP contribution in [0.25, 0.3) is 0 Å². The maximum absolute atomic E-state index is 13.3. The van der Waals surface area contributed by atoms with E-state index in [1.54, 1.807) is 20.8 Å². The standard InChI is InChI=1S/C15H19F2NO4/c1-15(2,3)22-14(21)18-12(6-7-13(19)20)9-4-5-10(16)11(17)8-9/h4-5,8,12H,6-7H2,1-3H3,(H,18,21)(H,19,20)/t12-/m0/s1. The van der Waals surface area contributed by atoms with Gasteiger partial charge in [0.05, 0.1) is 6.04 Å². The Morgan fingerprint density at radius 3 is 2.41 bits per heavy atom. The van der Waals surface area contributed by atoms with Gasteiger partial charge in [0, 0.05) is 6.42 Å². The van der Waals surface area contributed by atoms with E-state index < -0.39 is 35.3 Å². The van der Waals surface area contributed by atoms with Gasteiger partial charge < -0.3 is 15.2 Å². The molecule has 7 heteroatoms. The second-order valence-corrected chi connectivity index (χ2v) is 5.80. The molecule has 0 bridgehead atoms. The normalized spacial score (nSPS) is 12.6. The number of benzene rings is 1. The zero-order chi connectivity index (χ0) is 16.9. The monoisotopic (exact) mass is 315 g/mol. The predicted octanol–water partition coefficient (Wildman–Crippen LogP) is 3.40. The van der Waals surface area contributed by atoms with E-state index in [1.807, 2.05) is 0 Å². The molecule has 1 rings (SSSR count). The van der Waals surface area contributed by atoms with Crippen molar-refractivity contribution >= 4 is 12.1 Å². The maximum atomic E-state index is 13.3. The van der Waals surface area contributed by atoms with Crippen LogP contribution < -0.4 is 5.32 Å². The molecule has 0 saturated heterocycles. The first-order chi connectivity index (χ1) is 10.1. The molecule has 0 aliphatic carbocycles. The first kappa shape index (κ1) is 17.9. The number of aliphatic carboxylic acids is 1. The van der Waals surface area contributed by atoms with E-state index in [0.29, 0.717) is 0 Å². The minimum absolute atomic E-state index is 0.0274. The minimum Gasteiger partial charge on any atom is -0.481 e. The number of hydrogen-bond acceptors (Lipinski definition) is 3. The molecular formula is C15H19F2NO4. The SMILES string of the molecule is CC(C)(C)OC(=O)N[C@@H](CCC(=O)O)c1ccc(F)c(F)c1. The predicted molar refractivity (Wildman–Crippen MR) is 75.3 cm³/mol. The Balaban J connectivity index is 2.89. The number of carbonyl (C=O) groups excluding carboxylic acids is 1. The lowest BCUT2D eigenvalue weighted by atomic mass is 10.0. The number of alkyl carbamates (subject to hydrolysis) is 1. The van der Waals surface area contributed by atoms with E-state index in [-0.39, 0.29) is 18.4 Å². The van der Waals surface area contributed by atoms with Crippen LogP contribution in [0, 0.1) is 11.6 Å². The largest absolute Gasteiger partial charge is 0.481 e. The van der Waals surface area contributed by atoms with Gasteiger partial charge in [-0.2, -0.15) is 0 Å². The van der Waals surface area contributed by atoms with Crippen LogP contribution in [-0.4, -0.2) is 22.8 Å². The quantitative estimate of drug-likeness (QED) is 0.873. The Labute approximate surface area is 127 Å². The fourth-order valence-electron chi connectivity index (χ4n) is 1.77. The first-order valence-corrected chi connectivity index (χ1v) is 6.75. The molecule has 0 unspecified atom stereocenters. The highest BCUT2D eigenvalue weighted by molar-refractivity contribution is 5.69. The molecule has 122 valence electrons. The van der Waals surface area contributed by atoms with Crippen molar-refractivity contribution in [1.29, 1.82) is 0 Å². The van der Waals surface area contributed by atoms with Crippen LogP contribution in [0.2, 0.25) is 0 Å². The molecule has 0 spiro atoms. The fourth-order valence-corrected chi connectivity index (χ4v) is 1.77. The van der Waals surface area contributed by atoms with E-state index >= 15 is 0 Å². The topological polar surface area (TPSA) is 75.6 Å². The molecule has 1 amide bonds. The molecule has 0 fully saturated rings. The summed E-state index contributed by atoms with van der Waals surface area (Å²) < 4.78 is 31.4. The molecule has 0 saturated carbocycles. The smallest absolute Gasteiger partial charge is 0.408 e. The number of hydrogen-bond donors (Lipinski definition) is 2. The molecule has 0 radical (unpaired) electrons. The lowest BCUT2D eigenvalue weighted by Gasteiger charge is -2.23. The van der Waals surface area contributed by atoms with Crippen molar-refractivity contribution in [3.05, 3.63) is 35.4 Å². The fraction of sp³-hybridized carbons (Fsp3) is 0.467. The summed E-state index contributed by atoms with van der Waals surface area (Å²) in [4.78, 5) is 22.5. The average Bonchev–Trinajstić information content (AvgIpc) is 2.35. The Morgan fingerprint density at radius 2 is 1.91 bits per heavy atom. The summed E-state index contributed by atoms with van der Waals surface area (Å²) >= 11 is 0. The van der Waals surface area contributed by atoms with E-state index in [9.17, 15) is 18.4 Å². The van der Waals surface area contributed by atoms with Crippen LogP contribution in [-0.2, 0) is 9.53 Å². The average molecular weight is 315 g/mol. The molecule has 0 aliphatic heterocycles. The Kier molecular flexibility index (Phi) is 5.84. The van der Waals surface area contributed by atoms with Crippen LogP contribution in [0.1, 0.15) is 45.2 Å². The second kappa shape index (κ2) is 7.20. The highest BCUT2D eigenvalue weighted by Gasteiger charge is 2.22. The van der Waals surface area contributed by atoms with Gasteiger partial charge in [-0.15, -0.1) is 0 Å². The molecule has 0 aliphatic rings. The van der Waals surface area contributed by atoms with Crippen molar-refractivity contribution in [2.45, 2.75) is 45.3 Å². The minimum atomic E-state index is -1.07. The van der Waals surface area contributed by atoms with Gasteiger partial charge >= 0.3 is 12.1 Å². The van der Waals surface area contributed by atoms with Gasteiger partial charge in [-0.05, 0) is 44.9 Å². The summed E-state index contributed by atoms with van der Waals surface area (Å²) in [6.07, 6.45) is -0.966. The molecule has 1 aromatic carbocycles. The number of carboxylic acid groups (broad SMARTS) is 1. The molecule has 1 atom stereocenters. The van der Waals surface area contributed by atoms with Gasteiger partial charge in [-0.25, -0.2) is 13.6 Å². The third-order valence-corrected chi connectivity index (χ3v) is 2.68. The number of halogens is 2. The van der Waals surface area contributed by atoms with E-state index in [2.05, 4.69) is 5.32 Å². The number of nitrogens with one attached hydrogen (secondary N) is 1. The van der Waals surface area contributed by atoms with Crippen LogP contribution >= 0.6 is 0 Å². The summed E-state index contributed by atoms with van der Waals surface area (Å²) in [5.74, 6) is -3.14. The van der Waals surface area contributed by atoms with Crippen molar-refractivity contribution in [3.63, 3.8) is 0 Å². The van der Waals surface area contributed by atoms with Crippen LogP contribution in [0.15, 0.2) is 18.2 Å². The molecule has 5 nitrogen and oxygen atoms in total. The van der Waals surface area contributed by atoms with E-state index in [0.717, 1.165) is 12.1 Å². The van der Waals surface area contributed by atoms with Crippen molar-refractivity contribution in [1.82, 2.24) is 5.32 Å². The first-order valence-electron chi connectivity index (χ1n) is 6.75. The molecule has 0 heterocycles. The summed E-state index contributed by atoms with van der Waals surface area (Å²) in [5, 5.41) is 11.2. The Morgan fingerprint density at radius 1 is 1.27 bits per heavy atom. The van der Waals surface area contributed by atoms with Crippen LogP contribution in [0.3, 0.4) is 0 Å². The molecular weight excluding hydrogens is 296 g/mol. The highest BCUT2D eigenvalue weighted by atomic mass is 19.2. The summed E-state index contributed by atoms with van der Waals surface area (Å²) in [6.45, 7) is 5.03. The van der Waals surface area contributed by atoms with Gasteiger partial charge in [0.25, 0.3) is 0 Å². The van der Waals surface area contributed by atoms with Gasteiger partial charge in [0.2, 0.25) is 0 Å². The van der Waals surface area contributed by atoms with Crippen molar-refractivity contribution in [2.24, 2.45) is 0 Å². The third-order valence-electron chi connectivity index (χ3n) is 2.68. The number of carbonyl (C=O) groups is 2. The Hall–Kier alpha value is -2.18. The molecule has 1 aromatic rings. The number of rotatable bonds is 5. The lowest BCUT2D eigenvalue weighted by molar-refractivity contribution is -0.137. The van der Waals surface area contributed by atoms with Gasteiger partial charge in [-0.1, -0.05) is 6.07 Å². The summed E-state index contributed by atoms with van der Waals surface area (Å²) in [7, 11) is 0. The molecule has 0 aromatic heterocycles.